The van der Waals surface area contributed by atoms with Crippen molar-refractivity contribution < 1.29 is 14.3 Å². The van der Waals surface area contributed by atoms with Gasteiger partial charge in [0.05, 0.1) is 12.0 Å². The summed E-state index contributed by atoms with van der Waals surface area (Å²) in [4.78, 5) is 24.7. The van der Waals surface area contributed by atoms with Gasteiger partial charge in [-0.25, -0.2) is 0 Å². The van der Waals surface area contributed by atoms with Gasteiger partial charge in [0, 0.05) is 12.6 Å². The van der Waals surface area contributed by atoms with Gasteiger partial charge in [-0.3, -0.25) is 9.59 Å². The van der Waals surface area contributed by atoms with Gasteiger partial charge in [0.15, 0.2) is 0 Å². The van der Waals surface area contributed by atoms with Crippen LogP contribution < -0.4 is 16.0 Å². The van der Waals surface area contributed by atoms with Crippen LogP contribution >= 0.6 is 12.4 Å². The lowest BCUT2D eigenvalue weighted by Gasteiger charge is -2.36. The van der Waals surface area contributed by atoms with Gasteiger partial charge in [-0.2, -0.15) is 0 Å². The first kappa shape index (κ1) is 21.1. The molecule has 0 aromatic heterocycles. The minimum Gasteiger partial charge on any atom is -0.384 e. The molecule has 7 heteroatoms. The standard InChI is InChI=1S/C15H29N3O3.ClH/c1-11(12(19)18-14(2,3)4)17-13(20)15(10-21-5)6-8-16-9-7-15;/h11,16H,6-10H2,1-5H3,(H,17,20)(H,18,19);1H. The Kier molecular flexibility index (Phi) is 8.36. The molecule has 0 aromatic rings. The van der Waals surface area contributed by atoms with E-state index in [1.807, 2.05) is 20.8 Å². The third-order valence-electron chi connectivity index (χ3n) is 3.70. The highest BCUT2D eigenvalue weighted by molar-refractivity contribution is 5.90. The summed E-state index contributed by atoms with van der Waals surface area (Å²) in [6.45, 7) is 9.42. The van der Waals surface area contributed by atoms with E-state index in [2.05, 4.69) is 16.0 Å². The summed E-state index contributed by atoms with van der Waals surface area (Å²) in [5.74, 6) is -0.264. The summed E-state index contributed by atoms with van der Waals surface area (Å²) >= 11 is 0. The number of piperidine rings is 1. The lowest BCUT2D eigenvalue weighted by atomic mass is 9.78. The van der Waals surface area contributed by atoms with Crippen LogP contribution in [0.25, 0.3) is 0 Å². The monoisotopic (exact) mass is 335 g/mol. The van der Waals surface area contributed by atoms with Crippen LogP contribution in [-0.4, -0.2) is 50.2 Å². The summed E-state index contributed by atoms with van der Waals surface area (Å²) in [7, 11) is 1.60. The van der Waals surface area contributed by atoms with Gasteiger partial charge in [-0.1, -0.05) is 0 Å². The first-order valence-electron chi connectivity index (χ1n) is 7.53. The lowest BCUT2D eigenvalue weighted by Crippen LogP contribution is -2.56. The highest BCUT2D eigenvalue weighted by Crippen LogP contribution is 2.29. The molecular weight excluding hydrogens is 306 g/mol. The molecule has 3 N–H and O–H groups in total. The van der Waals surface area contributed by atoms with Crippen LogP contribution in [0.2, 0.25) is 0 Å². The van der Waals surface area contributed by atoms with Gasteiger partial charge >= 0.3 is 0 Å². The van der Waals surface area contributed by atoms with Crippen molar-refractivity contribution in [3.8, 4) is 0 Å². The Hall–Kier alpha value is -0.850. The topological polar surface area (TPSA) is 79.5 Å². The fourth-order valence-corrected chi connectivity index (χ4v) is 2.51. The summed E-state index contributed by atoms with van der Waals surface area (Å²) < 4.78 is 5.24. The van der Waals surface area contributed by atoms with Crippen molar-refractivity contribution in [2.24, 2.45) is 5.41 Å². The number of hydrogen-bond acceptors (Lipinski definition) is 4. The Morgan fingerprint density at radius 1 is 1.27 bits per heavy atom. The maximum Gasteiger partial charge on any atom is 0.242 e. The molecule has 0 aliphatic carbocycles. The molecule has 0 spiro atoms. The average Bonchev–Trinajstić information content (AvgIpc) is 2.38. The predicted octanol–water partition coefficient (Wildman–Crippen LogP) is 0.844. The number of methoxy groups -OCH3 is 1. The average molecular weight is 336 g/mol. The fourth-order valence-electron chi connectivity index (χ4n) is 2.51. The number of rotatable bonds is 5. The molecule has 0 radical (unpaired) electrons. The Morgan fingerprint density at radius 2 is 1.82 bits per heavy atom. The maximum atomic E-state index is 12.6. The van der Waals surface area contributed by atoms with Crippen molar-refractivity contribution in [1.29, 1.82) is 0 Å². The fraction of sp³-hybridized carbons (Fsp3) is 0.867. The van der Waals surface area contributed by atoms with Crippen molar-refractivity contribution in [3.63, 3.8) is 0 Å². The molecule has 0 bridgehead atoms. The minimum atomic E-state index is -0.555. The number of carbonyl (C=O) groups excluding carboxylic acids is 2. The normalized spacial score (nSPS) is 18.8. The second-order valence-corrected chi connectivity index (χ2v) is 6.90. The summed E-state index contributed by atoms with van der Waals surface area (Å²) in [6.07, 6.45) is 1.45. The van der Waals surface area contributed by atoms with E-state index in [9.17, 15) is 9.59 Å². The van der Waals surface area contributed by atoms with Crippen LogP contribution in [0, 0.1) is 5.41 Å². The van der Waals surface area contributed by atoms with Crippen molar-refractivity contribution in [2.75, 3.05) is 26.8 Å². The van der Waals surface area contributed by atoms with E-state index in [0.717, 1.165) is 25.9 Å². The Morgan fingerprint density at radius 3 is 2.27 bits per heavy atom. The Bertz CT molecular complexity index is 371. The number of hydrogen-bond donors (Lipinski definition) is 3. The van der Waals surface area contributed by atoms with Crippen LogP contribution in [0.1, 0.15) is 40.5 Å². The van der Waals surface area contributed by atoms with Gasteiger partial charge in [-0.15, -0.1) is 12.4 Å². The smallest absolute Gasteiger partial charge is 0.242 e. The number of amides is 2. The summed E-state index contributed by atoms with van der Waals surface area (Å²) in [5.41, 5.74) is -0.842. The second-order valence-electron chi connectivity index (χ2n) is 6.90. The van der Waals surface area contributed by atoms with E-state index < -0.39 is 11.5 Å². The summed E-state index contributed by atoms with van der Waals surface area (Å²) in [5, 5.41) is 8.96. The first-order chi connectivity index (χ1) is 9.70. The van der Waals surface area contributed by atoms with E-state index in [-0.39, 0.29) is 29.8 Å². The number of ether oxygens (including phenoxy) is 1. The molecule has 6 nitrogen and oxygen atoms in total. The first-order valence-corrected chi connectivity index (χ1v) is 7.53. The van der Waals surface area contributed by atoms with Crippen molar-refractivity contribution >= 4 is 24.2 Å². The van der Waals surface area contributed by atoms with Gasteiger partial charge in [-0.05, 0) is 53.6 Å². The highest BCUT2D eigenvalue weighted by Gasteiger charge is 2.40. The SMILES string of the molecule is COCC1(C(=O)NC(C)C(=O)NC(C)(C)C)CCNCC1.Cl. The van der Waals surface area contributed by atoms with Crippen molar-refractivity contribution in [1.82, 2.24) is 16.0 Å². The molecule has 1 saturated heterocycles. The molecule has 0 saturated carbocycles. The maximum absolute atomic E-state index is 12.6. The lowest BCUT2D eigenvalue weighted by molar-refractivity contribution is -0.139. The molecule has 1 fully saturated rings. The van der Waals surface area contributed by atoms with E-state index >= 15 is 0 Å². The van der Waals surface area contributed by atoms with Gasteiger partial charge in [0.2, 0.25) is 11.8 Å². The second kappa shape index (κ2) is 8.70. The van der Waals surface area contributed by atoms with Crippen LogP contribution in [0.4, 0.5) is 0 Å². The molecule has 130 valence electrons. The molecule has 1 aliphatic heterocycles. The van der Waals surface area contributed by atoms with E-state index in [0.29, 0.717) is 6.61 Å². The molecule has 1 heterocycles. The van der Waals surface area contributed by atoms with Gasteiger partial charge in [0.25, 0.3) is 0 Å². The Labute approximate surface area is 139 Å². The number of halogens is 1. The van der Waals surface area contributed by atoms with E-state index in [4.69, 9.17) is 4.74 Å². The van der Waals surface area contributed by atoms with Gasteiger partial charge in [0.1, 0.15) is 6.04 Å². The minimum absolute atomic E-state index is 0. The van der Waals surface area contributed by atoms with Gasteiger partial charge < -0.3 is 20.7 Å². The zero-order valence-electron chi connectivity index (χ0n) is 14.2. The summed E-state index contributed by atoms with van der Waals surface area (Å²) in [6, 6.07) is -0.555. The zero-order chi connectivity index (χ0) is 16.1. The van der Waals surface area contributed by atoms with E-state index in [1.165, 1.54) is 0 Å². The third kappa shape index (κ3) is 6.10. The van der Waals surface area contributed by atoms with Crippen LogP contribution in [0.15, 0.2) is 0 Å². The molecule has 1 atom stereocenters. The quantitative estimate of drug-likeness (QED) is 0.695. The van der Waals surface area contributed by atoms with E-state index in [1.54, 1.807) is 14.0 Å². The number of nitrogens with one attached hydrogen (secondary N) is 3. The molecule has 1 unspecified atom stereocenters. The molecule has 0 aromatic carbocycles. The van der Waals surface area contributed by atoms with Crippen molar-refractivity contribution in [3.05, 3.63) is 0 Å². The largest absolute Gasteiger partial charge is 0.384 e. The Balaban J connectivity index is 0.00000441. The third-order valence-corrected chi connectivity index (χ3v) is 3.70. The van der Waals surface area contributed by atoms with Crippen LogP contribution in [0.5, 0.6) is 0 Å². The molecule has 1 aliphatic rings. The molecule has 1 rings (SSSR count). The molecule has 2 amide bonds. The predicted molar refractivity (Wildman–Crippen MR) is 89.2 cm³/mol. The van der Waals surface area contributed by atoms with Crippen LogP contribution in [-0.2, 0) is 14.3 Å². The van der Waals surface area contributed by atoms with Crippen molar-refractivity contribution in [2.45, 2.75) is 52.1 Å². The number of carbonyl (C=O) groups is 2. The highest BCUT2D eigenvalue weighted by atomic mass is 35.5. The van der Waals surface area contributed by atoms with Crippen LogP contribution in [0.3, 0.4) is 0 Å². The molecule has 22 heavy (non-hydrogen) atoms. The molecular formula is C15H30ClN3O3. The zero-order valence-corrected chi connectivity index (χ0v) is 15.1.